The number of thiocarbonyl (C=S) groups is 1. The third kappa shape index (κ3) is 4.15. The Kier molecular flexibility index (Phi) is 4.92. The van der Waals surface area contributed by atoms with Crippen LogP contribution >= 0.6 is 23.8 Å². The summed E-state index contributed by atoms with van der Waals surface area (Å²) >= 11 is 10.6. The summed E-state index contributed by atoms with van der Waals surface area (Å²) in [7, 11) is 0. The van der Waals surface area contributed by atoms with E-state index < -0.39 is 11.7 Å². The lowest BCUT2D eigenvalue weighted by molar-refractivity contribution is -0.137. The molecule has 0 atom stereocenters. The van der Waals surface area contributed by atoms with Crippen LogP contribution in [0.15, 0.2) is 24.9 Å². The summed E-state index contributed by atoms with van der Waals surface area (Å²) < 4.78 is 37.1. The predicted molar refractivity (Wildman–Crippen MR) is 68.7 cm³/mol. The number of halogens is 4. The topological polar surface area (TPSA) is 37.0 Å². The highest BCUT2D eigenvalue weighted by Gasteiger charge is 2.31. The summed E-state index contributed by atoms with van der Waals surface area (Å²) in [6, 6.07) is 0.785. The molecule has 0 radical (unpaired) electrons. The molecule has 98 valence electrons. The van der Waals surface area contributed by atoms with Gasteiger partial charge in [0, 0.05) is 12.7 Å². The number of anilines is 1. The van der Waals surface area contributed by atoms with Gasteiger partial charge in [0.15, 0.2) is 10.9 Å². The number of alkyl halides is 3. The van der Waals surface area contributed by atoms with E-state index in [9.17, 15) is 13.2 Å². The maximum atomic E-state index is 12.4. The first-order chi connectivity index (χ1) is 8.34. The summed E-state index contributed by atoms with van der Waals surface area (Å²) in [5.74, 6) is 0.0613. The van der Waals surface area contributed by atoms with Crippen molar-refractivity contribution in [3.05, 3.63) is 35.5 Å². The van der Waals surface area contributed by atoms with Crippen molar-refractivity contribution in [3.63, 3.8) is 0 Å². The Morgan fingerprint density at radius 1 is 1.56 bits per heavy atom. The molecule has 0 spiro atoms. The molecule has 0 aliphatic rings. The Morgan fingerprint density at radius 2 is 2.22 bits per heavy atom. The lowest BCUT2D eigenvalue weighted by Crippen LogP contribution is -2.28. The van der Waals surface area contributed by atoms with Gasteiger partial charge in [0.2, 0.25) is 0 Å². The third-order valence-electron chi connectivity index (χ3n) is 1.81. The summed E-state index contributed by atoms with van der Waals surface area (Å²) in [5, 5.41) is 5.36. The van der Waals surface area contributed by atoms with Gasteiger partial charge in [0.25, 0.3) is 0 Å². The lowest BCUT2D eigenvalue weighted by atomic mass is 10.3. The first kappa shape index (κ1) is 14.7. The highest BCUT2D eigenvalue weighted by atomic mass is 35.5. The van der Waals surface area contributed by atoms with Crippen LogP contribution in [0.2, 0.25) is 5.02 Å². The molecule has 1 aromatic heterocycles. The minimum Gasteiger partial charge on any atom is -0.359 e. The van der Waals surface area contributed by atoms with Gasteiger partial charge in [0.1, 0.15) is 0 Å². The predicted octanol–water partition coefficient (Wildman–Crippen LogP) is 3.23. The normalized spacial score (nSPS) is 10.9. The maximum absolute atomic E-state index is 12.4. The Labute approximate surface area is 112 Å². The van der Waals surface area contributed by atoms with Crippen molar-refractivity contribution in [3.8, 4) is 0 Å². The van der Waals surface area contributed by atoms with Crippen molar-refractivity contribution in [1.29, 1.82) is 0 Å². The highest BCUT2D eigenvalue weighted by Crippen LogP contribution is 2.32. The molecule has 1 heterocycles. The van der Waals surface area contributed by atoms with E-state index in [1.165, 1.54) is 0 Å². The fraction of sp³-hybridized carbons (Fsp3) is 0.200. The molecule has 1 rings (SSSR count). The average Bonchev–Trinajstić information content (AvgIpc) is 2.27. The van der Waals surface area contributed by atoms with Crippen molar-refractivity contribution >= 4 is 34.7 Å². The van der Waals surface area contributed by atoms with E-state index in [-0.39, 0.29) is 16.0 Å². The molecule has 0 fully saturated rings. The van der Waals surface area contributed by atoms with Crippen LogP contribution in [0, 0.1) is 0 Å². The monoisotopic (exact) mass is 295 g/mol. The van der Waals surface area contributed by atoms with E-state index in [2.05, 4.69) is 22.2 Å². The van der Waals surface area contributed by atoms with Gasteiger partial charge in [-0.25, -0.2) is 4.98 Å². The lowest BCUT2D eigenvalue weighted by Gasteiger charge is -2.11. The second-order valence-corrected chi connectivity index (χ2v) is 3.99. The Balaban J connectivity index is 2.80. The molecule has 0 aliphatic carbocycles. The maximum Gasteiger partial charge on any atom is 0.417 e. The van der Waals surface area contributed by atoms with Gasteiger partial charge in [-0.2, -0.15) is 13.2 Å². The van der Waals surface area contributed by atoms with E-state index in [4.69, 9.17) is 23.8 Å². The van der Waals surface area contributed by atoms with Gasteiger partial charge in [0.05, 0.1) is 10.6 Å². The van der Waals surface area contributed by atoms with Gasteiger partial charge in [-0.15, -0.1) is 6.58 Å². The zero-order valence-electron chi connectivity index (χ0n) is 9.01. The number of nitrogens with zero attached hydrogens (tertiary/aromatic N) is 1. The van der Waals surface area contributed by atoms with Crippen LogP contribution in [0.5, 0.6) is 0 Å². The summed E-state index contributed by atoms with van der Waals surface area (Å²) in [4.78, 5) is 3.58. The summed E-state index contributed by atoms with van der Waals surface area (Å²) in [6.07, 6.45) is -2.21. The Bertz CT molecular complexity index is 462. The molecule has 0 saturated heterocycles. The minimum atomic E-state index is -4.48. The third-order valence-corrected chi connectivity index (χ3v) is 2.34. The van der Waals surface area contributed by atoms with E-state index in [1.807, 2.05) is 0 Å². The number of pyridine rings is 1. The van der Waals surface area contributed by atoms with Crippen LogP contribution in [-0.2, 0) is 6.18 Å². The number of nitrogens with one attached hydrogen (secondary N) is 2. The fourth-order valence-electron chi connectivity index (χ4n) is 1.00. The van der Waals surface area contributed by atoms with Gasteiger partial charge in [-0.1, -0.05) is 17.7 Å². The Hall–Kier alpha value is -1.34. The van der Waals surface area contributed by atoms with E-state index >= 15 is 0 Å². The second-order valence-electron chi connectivity index (χ2n) is 3.18. The Morgan fingerprint density at radius 3 is 2.72 bits per heavy atom. The first-order valence-electron chi connectivity index (χ1n) is 4.73. The molecule has 0 aliphatic heterocycles. The smallest absolute Gasteiger partial charge is 0.359 e. The molecule has 0 aromatic carbocycles. The standard InChI is InChI=1S/C10H9ClF3N3S/c1-2-3-15-9(18)17-8-7(11)4-6(5-16-8)10(12,13)14/h2,4-5H,1,3H2,(H2,15,16,17,18). The van der Waals surface area contributed by atoms with Crippen LogP contribution in [-0.4, -0.2) is 16.6 Å². The summed E-state index contributed by atoms with van der Waals surface area (Å²) in [5.41, 5.74) is -0.914. The van der Waals surface area contributed by atoms with Gasteiger partial charge in [-0.05, 0) is 18.3 Å². The molecular weight excluding hydrogens is 287 g/mol. The van der Waals surface area contributed by atoms with E-state index in [0.717, 1.165) is 6.07 Å². The number of aromatic nitrogens is 1. The molecule has 18 heavy (non-hydrogen) atoms. The average molecular weight is 296 g/mol. The molecule has 0 unspecified atom stereocenters. The molecule has 1 aromatic rings. The van der Waals surface area contributed by atoms with Gasteiger partial charge < -0.3 is 10.6 Å². The largest absolute Gasteiger partial charge is 0.417 e. The molecule has 8 heteroatoms. The van der Waals surface area contributed by atoms with Crippen LogP contribution in [0.25, 0.3) is 0 Å². The fourth-order valence-corrected chi connectivity index (χ4v) is 1.40. The van der Waals surface area contributed by atoms with E-state index in [0.29, 0.717) is 12.7 Å². The zero-order valence-corrected chi connectivity index (χ0v) is 10.6. The van der Waals surface area contributed by atoms with Crippen LogP contribution in [0.3, 0.4) is 0 Å². The molecule has 3 nitrogen and oxygen atoms in total. The number of rotatable bonds is 3. The first-order valence-corrected chi connectivity index (χ1v) is 5.51. The zero-order chi connectivity index (χ0) is 13.8. The minimum absolute atomic E-state index is 0.0613. The van der Waals surface area contributed by atoms with Crippen molar-refractivity contribution in [1.82, 2.24) is 10.3 Å². The van der Waals surface area contributed by atoms with Crippen LogP contribution in [0.1, 0.15) is 5.56 Å². The molecule has 0 saturated carbocycles. The van der Waals surface area contributed by atoms with Gasteiger partial charge >= 0.3 is 6.18 Å². The van der Waals surface area contributed by atoms with Crippen LogP contribution < -0.4 is 10.6 Å². The molecule has 2 N–H and O–H groups in total. The SMILES string of the molecule is C=CCNC(=S)Nc1ncc(C(F)(F)F)cc1Cl. The van der Waals surface area contributed by atoms with Crippen molar-refractivity contribution in [2.45, 2.75) is 6.18 Å². The second kappa shape index (κ2) is 6.01. The van der Waals surface area contributed by atoms with Crippen molar-refractivity contribution in [2.24, 2.45) is 0 Å². The van der Waals surface area contributed by atoms with Crippen LogP contribution in [0.4, 0.5) is 19.0 Å². The number of hydrogen-bond acceptors (Lipinski definition) is 2. The summed E-state index contributed by atoms with van der Waals surface area (Å²) in [6.45, 7) is 3.90. The number of hydrogen-bond donors (Lipinski definition) is 2. The molecular formula is C10H9ClF3N3S. The molecule has 0 bridgehead atoms. The quantitative estimate of drug-likeness (QED) is 0.663. The van der Waals surface area contributed by atoms with Gasteiger partial charge in [-0.3, -0.25) is 0 Å². The van der Waals surface area contributed by atoms with Crippen molar-refractivity contribution in [2.75, 3.05) is 11.9 Å². The van der Waals surface area contributed by atoms with E-state index in [1.54, 1.807) is 6.08 Å². The van der Waals surface area contributed by atoms with Crippen molar-refractivity contribution < 1.29 is 13.2 Å². The molecule has 0 amide bonds. The highest BCUT2D eigenvalue weighted by molar-refractivity contribution is 7.80.